The van der Waals surface area contributed by atoms with Crippen molar-refractivity contribution in [2.45, 2.75) is 0 Å². The van der Waals surface area contributed by atoms with E-state index in [2.05, 4.69) is 131 Å². The Bertz CT molecular complexity index is 1930. The summed E-state index contributed by atoms with van der Waals surface area (Å²) in [7, 11) is 3.37. The van der Waals surface area contributed by atoms with Crippen molar-refractivity contribution in [1.29, 1.82) is 0 Å². The van der Waals surface area contributed by atoms with E-state index in [9.17, 15) is 0 Å². The third-order valence-corrected chi connectivity index (χ3v) is 8.80. The van der Waals surface area contributed by atoms with Crippen molar-refractivity contribution in [2.24, 2.45) is 0 Å². The fourth-order valence-electron chi connectivity index (χ4n) is 5.54. The molecule has 5 aromatic carbocycles. The number of hydrogen-bond donors (Lipinski definition) is 0. The number of ether oxygens (including phenoxy) is 2. The largest absolute Gasteiger partial charge is 0.497 e. The van der Waals surface area contributed by atoms with Crippen molar-refractivity contribution in [3.05, 3.63) is 138 Å². The third-order valence-electron chi connectivity index (χ3n) is 7.70. The van der Waals surface area contributed by atoms with Crippen LogP contribution < -0.4 is 14.4 Å². The van der Waals surface area contributed by atoms with Gasteiger partial charge in [-0.05, 0) is 96.6 Å². The number of aromatic nitrogens is 1. The van der Waals surface area contributed by atoms with E-state index in [0.29, 0.717) is 0 Å². The molecule has 210 valence electrons. The van der Waals surface area contributed by atoms with Gasteiger partial charge >= 0.3 is 0 Å². The Morgan fingerprint density at radius 3 is 1.56 bits per heavy atom. The van der Waals surface area contributed by atoms with Crippen LogP contribution in [0.3, 0.4) is 0 Å². The summed E-state index contributed by atoms with van der Waals surface area (Å²) in [6, 6.07) is 46.6. The molecule has 0 amide bonds. The van der Waals surface area contributed by atoms with Crippen LogP contribution in [0.1, 0.15) is 4.88 Å². The molecule has 2 aromatic heterocycles. The molecular formula is C38H30N2O2S. The predicted molar refractivity (Wildman–Crippen MR) is 182 cm³/mol. The number of benzene rings is 5. The molecule has 0 saturated carbocycles. The first kappa shape index (κ1) is 26.6. The van der Waals surface area contributed by atoms with Gasteiger partial charge in [-0.15, -0.1) is 11.3 Å². The van der Waals surface area contributed by atoms with Gasteiger partial charge in [0.05, 0.1) is 25.3 Å². The van der Waals surface area contributed by atoms with Gasteiger partial charge in [-0.1, -0.05) is 48.5 Å². The van der Waals surface area contributed by atoms with E-state index in [-0.39, 0.29) is 0 Å². The van der Waals surface area contributed by atoms with Crippen LogP contribution in [-0.4, -0.2) is 18.8 Å². The summed E-state index contributed by atoms with van der Waals surface area (Å²) in [5.41, 5.74) is 6.78. The average Bonchev–Trinajstić information content (AvgIpc) is 3.68. The summed E-state index contributed by atoms with van der Waals surface area (Å²) in [4.78, 5) is 4.67. The average molecular weight is 579 g/mol. The number of hydrogen-bond acceptors (Lipinski definition) is 4. The van der Waals surface area contributed by atoms with Gasteiger partial charge in [0, 0.05) is 43.8 Å². The highest BCUT2D eigenvalue weighted by Crippen LogP contribution is 2.38. The molecule has 0 bridgehead atoms. The molecule has 7 rings (SSSR count). The summed E-state index contributed by atoms with van der Waals surface area (Å²) < 4.78 is 13.1. The lowest BCUT2D eigenvalue weighted by molar-refractivity contribution is 0.415. The second-order valence-electron chi connectivity index (χ2n) is 10.2. The Morgan fingerprint density at radius 2 is 1.05 bits per heavy atom. The topological polar surface area (TPSA) is 26.6 Å². The molecule has 43 heavy (non-hydrogen) atoms. The fourth-order valence-corrected chi connectivity index (χ4v) is 6.45. The highest BCUT2D eigenvalue weighted by molar-refractivity contribution is 7.16. The van der Waals surface area contributed by atoms with Crippen LogP contribution >= 0.6 is 11.3 Å². The maximum atomic E-state index is 5.39. The Kier molecular flexibility index (Phi) is 7.15. The van der Waals surface area contributed by atoms with E-state index < -0.39 is 0 Å². The molecule has 0 N–H and O–H groups in total. The summed E-state index contributed by atoms with van der Waals surface area (Å²) in [6.07, 6.45) is 4.39. The molecule has 0 spiro atoms. The molecule has 0 aliphatic carbocycles. The fraction of sp³-hybridized carbons (Fsp3) is 0.0526. The number of methoxy groups -OCH3 is 2. The first-order valence-electron chi connectivity index (χ1n) is 14.2. The van der Waals surface area contributed by atoms with Crippen LogP contribution in [0.4, 0.5) is 17.1 Å². The molecule has 0 unspecified atom stereocenters. The molecule has 0 atom stereocenters. The van der Waals surface area contributed by atoms with E-state index >= 15 is 0 Å². The first-order chi connectivity index (χ1) is 21.2. The lowest BCUT2D eigenvalue weighted by Crippen LogP contribution is -2.09. The molecule has 4 nitrogen and oxygen atoms in total. The highest BCUT2D eigenvalue weighted by Gasteiger charge is 2.14. The van der Waals surface area contributed by atoms with E-state index in [1.54, 1.807) is 25.6 Å². The summed E-state index contributed by atoms with van der Waals surface area (Å²) in [5, 5.41) is 2.54. The van der Waals surface area contributed by atoms with Gasteiger partial charge < -0.3 is 18.9 Å². The van der Waals surface area contributed by atoms with Crippen LogP contribution in [0.2, 0.25) is 0 Å². The van der Waals surface area contributed by atoms with Crippen LogP contribution in [0.15, 0.2) is 133 Å². The molecule has 7 aromatic rings. The zero-order valence-electron chi connectivity index (χ0n) is 24.0. The second kappa shape index (κ2) is 11.6. The van der Waals surface area contributed by atoms with Gasteiger partial charge in [0.2, 0.25) is 0 Å². The lowest BCUT2D eigenvalue weighted by atomic mass is 10.1. The minimum Gasteiger partial charge on any atom is -0.497 e. The summed E-state index contributed by atoms with van der Waals surface area (Å²) in [6.45, 7) is 0. The molecule has 5 heteroatoms. The maximum Gasteiger partial charge on any atom is 0.119 e. The van der Waals surface area contributed by atoms with Gasteiger partial charge in [0.1, 0.15) is 11.5 Å². The molecule has 0 radical (unpaired) electrons. The van der Waals surface area contributed by atoms with Crippen molar-refractivity contribution < 1.29 is 9.47 Å². The number of fused-ring (bicyclic) bond motifs is 3. The molecule has 0 fully saturated rings. The summed E-state index contributed by atoms with van der Waals surface area (Å²) in [5.74, 6) is 1.66. The minimum atomic E-state index is 0.828. The zero-order valence-corrected chi connectivity index (χ0v) is 24.8. The third kappa shape index (κ3) is 5.16. The number of thiophene rings is 1. The normalized spacial score (nSPS) is 11.4. The monoisotopic (exact) mass is 578 g/mol. The van der Waals surface area contributed by atoms with Gasteiger partial charge in [-0.2, -0.15) is 0 Å². The van der Waals surface area contributed by atoms with Gasteiger partial charge in [-0.25, -0.2) is 0 Å². The van der Waals surface area contributed by atoms with E-state index in [0.717, 1.165) is 28.6 Å². The van der Waals surface area contributed by atoms with Gasteiger partial charge in [-0.3, -0.25) is 0 Å². The number of anilines is 3. The van der Waals surface area contributed by atoms with Crippen LogP contribution in [0, 0.1) is 0 Å². The van der Waals surface area contributed by atoms with E-state index in [1.165, 1.54) is 37.1 Å². The molecule has 0 aliphatic rings. The first-order valence-corrected chi connectivity index (χ1v) is 15.0. The highest BCUT2D eigenvalue weighted by atomic mass is 32.1. The summed E-state index contributed by atoms with van der Waals surface area (Å²) >= 11 is 1.79. The van der Waals surface area contributed by atoms with Crippen molar-refractivity contribution in [2.75, 3.05) is 19.1 Å². The van der Waals surface area contributed by atoms with Crippen LogP contribution in [0.25, 0.3) is 44.5 Å². The van der Waals surface area contributed by atoms with Crippen molar-refractivity contribution in [1.82, 2.24) is 4.57 Å². The van der Waals surface area contributed by atoms with E-state index in [1.807, 2.05) is 24.3 Å². The number of rotatable bonds is 8. The van der Waals surface area contributed by atoms with Gasteiger partial charge in [0.25, 0.3) is 0 Å². The Balaban J connectivity index is 1.18. The lowest BCUT2D eigenvalue weighted by Gasteiger charge is -2.26. The Morgan fingerprint density at radius 1 is 0.558 bits per heavy atom. The number of nitrogens with zero attached hydrogens (tertiary/aromatic N) is 2. The smallest absolute Gasteiger partial charge is 0.119 e. The number of para-hydroxylation sites is 2. The van der Waals surface area contributed by atoms with Crippen LogP contribution in [0.5, 0.6) is 11.5 Å². The molecular weight excluding hydrogens is 548 g/mol. The van der Waals surface area contributed by atoms with E-state index in [4.69, 9.17) is 9.47 Å². The predicted octanol–water partition coefficient (Wildman–Crippen LogP) is 10.6. The van der Waals surface area contributed by atoms with Gasteiger partial charge in [0.15, 0.2) is 0 Å². The second-order valence-corrected chi connectivity index (χ2v) is 11.3. The maximum absolute atomic E-state index is 5.39. The Labute approximate surface area is 255 Å². The molecule has 0 saturated heterocycles. The standard InChI is InChI=1S/C38H30N2O2S/c1-41-31-19-15-29(16-20-31)40(30-17-21-32(42-2)22-18-30)28-13-11-27(12-14-28)38-24-23-33(43-38)25-26-39-36-9-5-3-7-34(36)35-8-4-6-10-37(35)39/h3-26H,1-2H3/b26-25+. The molecule has 2 heterocycles. The quantitative estimate of drug-likeness (QED) is 0.179. The Hall–Kier alpha value is -5.26. The van der Waals surface area contributed by atoms with Crippen LogP contribution in [-0.2, 0) is 0 Å². The minimum absolute atomic E-state index is 0.828. The SMILES string of the molecule is COc1ccc(N(c2ccc(OC)cc2)c2ccc(-c3ccc(/C=C/n4c5ccccc5c5ccccc54)s3)cc2)cc1. The van der Waals surface area contributed by atoms with Crippen molar-refractivity contribution in [3.63, 3.8) is 0 Å². The molecule has 0 aliphatic heterocycles. The van der Waals surface area contributed by atoms with Crippen molar-refractivity contribution >= 4 is 62.5 Å². The van der Waals surface area contributed by atoms with Crippen molar-refractivity contribution in [3.8, 4) is 21.9 Å². The zero-order chi connectivity index (χ0) is 29.2.